The Kier molecular flexibility index (Phi) is 5.20. The Morgan fingerprint density at radius 2 is 2.06 bits per heavy atom. The quantitative estimate of drug-likeness (QED) is 0.827. The minimum absolute atomic E-state index is 0.0457. The topological polar surface area (TPSA) is 38.3 Å². The second kappa shape index (κ2) is 6.43. The van der Waals surface area contributed by atoms with Gasteiger partial charge < -0.3 is 10.1 Å². The first-order valence-electron chi connectivity index (χ1n) is 6.56. The number of amides is 1. The molecule has 0 saturated carbocycles. The number of ether oxygens (including phenoxy) is 1. The Morgan fingerprint density at radius 1 is 1.33 bits per heavy atom. The zero-order valence-corrected chi connectivity index (χ0v) is 11.7. The molecule has 0 aliphatic heterocycles. The van der Waals surface area contributed by atoms with E-state index in [9.17, 15) is 4.79 Å². The van der Waals surface area contributed by atoms with Crippen molar-refractivity contribution in [2.45, 2.75) is 52.6 Å². The summed E-state index contributed by atoms with van der Waals surface area (Å²) in [7, 11) is 0. The predicted octanol–water partition coefficient (Wildman–Crippen LogP) is 3.99. The molecular formula is C15H23NO2. The molecule has 0 bridgehead atoms. The van der Waals surface area contributed by atoms with Gasteiger partial charge in [0.1, 0.15) is 11.4 Å². The summed E-state index contributed by atoms with van der Waals surface area (Å²) >= 11 is 0. The fraction of sp³-hybridized carbons (Fsp3) is 0.533. The lowest BCUT2D eigenvalue weighted by atomic mass is 10.1. The van der Waals surface area contributed by atoms with Crippen molar-refractivity contribution in [3.05, 3.63) is 24.3 Å². The van der Waals surface area contributed by atoms with Crippen molar-refractivity contribution in [3.8, 4) is 5.75 Å². The van der Waals surface area contributed by atoms with E-state index in [4.69, 9.17) is 4.74 Å². The highest BCUT2D eigenvalue weighted by atomic mass is 16.5. The van der Waals surface area contributed by atoms with Crippen LogP contribution in [0.1, 0.15) is 47.0 Å². The van der Waals surface area contributed by atoms with Crippen LogP contribution in [0.5, 0.6) is 5.75 Å². The van der Waals surface area contributed by atoms with Gasteiger partial charge in [0.15, 0.2) is 0 Å². The summed E-state index contributed by atoms with van der Waals surface area (Å²) in [6.07, 6.45) is 2.33. The first-order valence-corrected chi connectivity index (χ1v) is 6.56. The van der Waals surface area contributed by atoms with E-state index in [-0.39, 0.29) is 11.5 Å². The third-order valence-electron chi connectivity index (χ3n) is 2.84. The molecule has 0 atom stereocenters. The van der Waals surface area contributed by atoms with Crippen molar-refractivity contribution in [2.24, 2.45) is 0 Å². The first kappa shape index (κ1) is 14.6. The Balaban J connectivity index is 2.70. The lowest BCUT2D eigenvalue weighted by Crippen LogP contribution is -2.26. The van der Waals surface area contributed by atoms with E-state index >= 15 is 0 Å². The van der Waals surface area contributed by atoms with Crippen LogP contribution in [-0.4, -0.2) is 11.5 Å². The summed E-state index contributed by atoms with van der Waals surface area (Å²) in [5, 5.41) is 2.87. The fourth-order valence-corrected chi connectivity index (χ4v) is 1.48. The molecule has 1 aromatic rings. The largest absolute Gasteiger partial charge is 0.488 e. The number of carbonyl (C=O) groups excluding carboxylic acids is 1. The highest BCUT2D eigenvalue weighted by Crippen LogP contribution is 2.23. The van der Waals surface area contributed by atoms with Crippen LogP contribution >= 0.6 is 0 Å². The number of hydrogen-bond donors (Lipinski definition) is 1. The van der Waals surface area contributed by atoms with Gasteiger partial charge in [-0.15, -0.1) is 0 Å². The number of anilines is 1. The van der Waals surface area contributed by atoms with E-state index < -0.39 is 0 Å². The molecule has 1 N–H and O–H groups in total. The molecule has 0 aliphatic carbocycles. The third kappa shape index (κ3) is 4.78. The molecule has 0 heterocycles. The monoisotopic (exact) mass is 249 g/mol. The van der Waals surface area contributed by atoms with Crippen molar-refractivity contribution in [1.29, 1.82) is 0 Å². The van der Waals surface area contributed by atoms with Gasteiger partial charge in [-0.25, -0.2) is 0 Å². The van der Waals surface area contributed by atoms with Crippen LogP contribution in [0.3, 0.4) is 0 Å². The van der Waals surface area contributed by atoms with Crippen molar-refractivity contribution >= 4 is 11.6 Å². The van der Waals surface area contributed by atoms with Gasteiger partial charge in [0, 0.05) is 18.2 Å². The summed E-state index contributed by atoms with van der Waals surface area (Å²) in [6.45, 7) is 8.18. The van der Waals surface area contributed by atoms with E-state index in [1.807, 2.05) is 31.2 Å². The lowest BCUT2D eigenvalue weighted by molar-refractivity contribution is -0.116. The van der Waals surface area contributed by atoms with Crippen LogP contribution in [0.25, 0.3) is 0 Å². The molecule has 0 fully saturated rings. The maximum atomic E-state index is 11.5. The summed E-state index contributed by atoms with van der Waals surface area (Å²) in [5.41, 5.74) is 0.601. The second-order valence-corrected chi connectivity index (χ2v) is 5.04. The van der Waals surface area contributed by atoms with Crippen molar-refractivity contribution in [2.75, 3.05) is 5.32 Å². The van der Waals surface area contributed by atoms with Gasteiger partial charge in [0.05, 0.1) is 0 Å². The average molecular weight is 249 g/mol. The molecule has 1 amide bonds. The van der Waals surface area contributed by atoms with Gasteiger partial charge in [-0.1, -0.05) is 19.9 Å². The molecule has 100 valence electrons. The predicted molar refractivity (Wildman–Crippen MR) is 75.0 cm³/mol. The molecular weight excluding hydrogens is 226 g/mol. The van der Waals surface area contributed by atoms with Gasteiger partial charge in [-0.3, -0.25) is 4.79 Å². The number of benzene rings is 1. The maximum absolute atomic E-state index is 11.5. The second-order valence-electron chi connectivity index (χ2n) is 5.04. The van der Waals surface area contributed by atoms with Gasteiger partial charge in [-0.05, 0) is 38.8 Å². The Labute approximate surface area is 110 Å². The minimum Gasteiger partial charge on any atom is -0.488 e. The molecule has 0 radical (unpaired) electrons. The molecule has 0 spiro atoms. The van der Waals surface area contributed by atoms with E-state index in [0.29, 0.717) is 6.42 Å². The van der Waals surface area contributed by atoms with Gasteiger partial charge >= 0.3 is 0 Å². The summed E-state index contributed by atoms with van der Waals surface area (Å²) in [6, 6.07) is 7.54. The molecule has 3 nitrogen and oxygen atoms in total. The van der Waals surface area contributed by atoms with Crippen LogP contribution in [0, 0.1) is 0 Å². The zero-order chi connectivity index (χ0) is 13.6. The summed E-state index contributed by atoms with van der Waals surface area (Å²) in [5.74, 6) is 0.834. The molecule has 0 saturated heterocycles. The smallest absolute Gasteiger partial charge is 0.224 e. The highest BCUT2D eigenvalue weighted by Gasteiger charge is 2.16. The number of hydrogen-bond acceptors (Lipinski definition) is 2. The molecule has 0 aromatic heterocycles. The SMILES string of the molecule is CCCC(=O)Nc1cccc(OC(C)(C)CC)c1. The first-order chi connectivity index (χ1) is 8.46. The molecule has 0 aliphatic rings. The number of rotatable bonds is 6. The summed E-state index contributed by atoms with van der Waals surface area (Å²) < 4.78 is 5.88. The Bertz CT molecular complexity index is 399. The molecule has 1 rings (SSSR count). The minimum atomic E-state index is -0.188. The average Bonchev–Trinajstić information content (AvgIpc) is 2.29. The van der Waals surface area contributed by atoms with Crippen LogP contribution < -0.4 is 10.1 Å². The van der Waals surface area contributed by atoms with Crippen molar-refractivity contribution < 1.29 is 9.53 Å². The molecule has 18 heavy (non-hydrogen) atoms. The Morgan fingerprint density at radius 3 is 2.67 bits per heavy atom. The van der Waals surface area contributed by atoms with E-state index in [1.54, 1.807) is 0 Å². The standard InChI is InChI=1S/C15H23NO2/c1-5-8-14(17)16-12-9-7-10-13(11-12)18-15(3,4)6-2/h7,9-11H,5-6,8H2,1-4H3,(H,16,17). The normalized spacial score (nSPS) is 11.1. The van der Waals surface area contributed by atoms with Crippen LogP contribution in [-0.2, 0) is 4.79 Å². The van der Waals surface area contributed by atoms with E-state index in [2.05, 4.69) is 26.1 Å². The van der Waals surface area contributed by atoms with Gasteiger partial charge in [0.25, 0.3) is 0 Å². The van der Waals surface area contributed by atoms with Crippen LogP contribution in [0.4, 0.5) is 5.69 Å². The Hall–Kier alpha value is -1.51. The number of carbonyl (C=O) groups is 1. The van der Waals surface area contributed by atoms with Crippen molar-refractivity contribution in [3.63, 3.8) is 0 Å². The van der Waals surface area contributed by atoms with E-state index in [0.717, 1.165) is 24.3 Å². The van der Waals surface area contributed by atoms with Crippen LogP contribution in [0.2, 0.25) is 0 Å². The lowest BCUT2D eigenvalue weighted by Gasteiger charge is -2.25. The molecule has 1 aromatic carbocycles. The van der Waals surface area contributed by atoms with Gasteiger partial charge in [0.2, 0.25) is 5.91 Å². The third-order valence-corrected chi connectivity index (χ3v) is 2.84. The fourth-order valence-electron chi connectivity index (χ4n) is 1.48. The number of nitrogens with one attached hydrogen (secondary N) is 1. The molecule has 3 heteroatoms. The highest BCUT2D eigenvalue weighted by molar-refractivity contribution is 5.90. The van der Waals surface area contributed by atoms with Gasteiger partial charge in [-0.2, -0.15) is 0 Å². The maximum Gasteiger partial charge on any atom is 0.224 e. The zero-order valence-electron chi connectivity index (χ0n) is 11.7. The summed E-state index contributed by atoms with van der Waals surface area (Å²) in [4.78, 5) is 11.5. The van der Waals surface area contributed by atoms with E-state index in [1.165, 1.54) is 0 Å². The molecule has 0 unspecified atom stereocenters. The van der Waals surface area contributed by atoms with Crippen molar-refractivity contribution in [1.82, 2.24) is 0 Å². The van der Waals surface area contributed by atoms with Crippen LogP contribution in [0.15, 0.2) is 24.3 Å².